The van der Waals surface area contributed by atoms with Gasteiger partial charge in [-0.15, -0.1) is 0 Å². The fraction of sp³-hybridized carbons (Fsp3) is 0.500. The van der Waals surface area contributed by atoms with Crippen molar-refractivity contribution in [1.82, 2.24) is 5.32 Å². The number of amides is 1. The Morgan fingerprint density at radius 1 is 1.28 bits per heavy atom. The third-order valence-corrected chi connectivity index (χ3v) is 3.67. The summed E-state index contributed by atoms with van der Waals surface area (Å²) in [4.78, 5) is 11.6. The Hall–Kier alpha value is -1.39. The minimum absolute atomic E-state index is 0.143. The smallest absolute Gasteiger partial charge is 0.227 e. The summed E-state index contributed by atoms with van der Waals surface area (Å²) in [6, 6.07) is 9.30. The van der Waals surface area contributed by atoms with Crippen molar-refractivity contribution in [3.05, 3.63) is 35.9 Å². The van der Waals surface area contributed by atoms with Crippen LogP contribution in [0.5, 0.6) is 0 Å². The maximum Gasteiger partial charge on any atom is 0.227 e. The van der Waals surface area contributed by atoms with Gasteiger partial charge in [0.15, 0.2) is 0 Å². The van der Waals surface area contributed by atoms with Gasteiger partial charge < -0.3 is 16.2 Å². The van der Waals surface area contributed by atoms with E-state index in [0.717, 1.165) is 31.5 Å². The van der Waals surface area contributed by atoms with Gasteiger partial charge in [-0.25, -0.2) is 0 Å². The molecule has 4 heteroatoms. The van der Waals surface area contributed by atoms with Crippen LogP contribution in [-0.2, 0) is 4.79 Å². The fourth-order valence-electron chi connectivity index (χ4n) is 2.65. The summed E-state index contributed by atoms with van der Waals surface area (Å²) in [5.74, 6) is -0.912. The molecule has 2 rings (SSSR count). The second-order valence-electron chi connectivity index (χ2n) is 4.87. The van der Waals surface area contributed by atoms with Crippen molar-refractivity contribution in [1.29, 1.82) is 0 Å². The summed E-state index contributed by atoms with van der Waals surface area (Å²) in [5, 5.41) is 13.7. The van der Waals surface area contributed by atoms with Crippen LogP contribution >= 0.6 is 0 Å². The van der Waals surface area contributed by atoms with Crippen molar-refractivity contribution in [2.24, 2.45) is 11.7 Å². The van der Waals surface area contributed by atoms with Crippen LogP contribution in [0.2, 0.25) is 0 Å². The van der Waals surface area contributed by atoms with Crippen LogP contribution in [0.3, 0.4) is 0 Å². The van der Waals surface area contributed by atoms with E-state index in [-0.39, 0.29) is 5.92 Å². The van der Waals surface area contributed by atoms with E-state index in [0.29, 0.717) is 0 Å². The van der Waals surface area contributed by atoms with Crippen LogP contribution in [0.25, 0.3) is 0 Å². The minimum Gasteiger partial charge on any atom is -0.392 e. The number of aliphatic hydroxyl groups is 1. The lowest BCUT2D eigenvalue weighted by Crippen LogP contribution is -2.41. The van der Waals surface area contributed by atoms with Crippen LogP contribution in [0.4, 0.5) is 0 Å². The first-order valence-electron chi connectivity index (χ1n) is 6.43. The van der Waals surface area contributed by atoms with Gasteiger partial charge in [0.25, 0.3) is 0 Å². The van der Waals surface area contributed by atoms with Crippen molar-refractivity contribution in [3.8, 4) is 0 Å². The minimum atomic E-state index is -0.688. The molecule has 1 amide bonds. The van der Waals surface area contributed by atoms with Crippen LogP contribution in [0.1, 0.15) is 24.3 Å². The van der Waals surface area contributed by atoms with Crippen LogP contribution < -0.4 is 11.1 Å². The topological polar surface area (TPSA) is 75.4 Å². The number of carbonyl (C=O) groups excluding carboxylic acids is 1. The molecule has 0 aliphatic carbocycles. The highest BCUT2D eigenvalue weighted by atomic mass is 16.3. The predicted molar refractivity (Wildman–Crippen MR) is 70.0 cm³/mol. The highest BCUT2D eigenvalue weighted by Crippen LogP contribution is 2.28. The molecule has 1 fully saturated rings. The van der Waals surface area contributed by atoms with Crippen LogP contribution in [-0.4, -0.2) is 30.2 Å². The van der Waals surface area contributed by atoms with Gasteiger partial charge in [-0.2, -0.15) is 0 Å². The van der Waals surface area contributed by atoms with Crippen molar-refractivity contribution in [2.45, 2.75) is 24.9 Å². The van der Waals surface area contributed by atoms with Gasteiger partial charge in [0.05, 0.1) is 12.0 Å². The molecule has 0 aromatic heterocycles. The molecular weight excluding hydrogens is 228 g/mol. The molecular formula is C14H20N2O2. The number of rotatable bonds is 4. The molecule has 4 nitrogen and oxygen atoms in total. The molecule has 1 aliphatic heterocycles. The summed E-state index contributed by atoms with van der Waals surface area (Å²) in [6.07, 6.45) is 1.09. The number of benzene rings is 1. The van der Waals surface area contributed by atoms with Gasteiger partial charge in [0, 0.05) is 0 Å². The van der Waals surface area contributed by atoms with E-state index in [1.54, 1.807) is 0 Å². The Morgan fingerprint density at radius 3 is 2.44 bits per heavy atom. The van der Waals surface area contributed by atoms with E-state index in [4.69, 9.17) is 5.73 Å². The number of aliphatic hydroxyl groups excluding tert-OH is 1. The number of hydrogen-bond donors (Lipinski definition) is 3. The molecule has 1 saturated heterocycles. The molecule has 1 aromatic carbocycles. The van der Waals surface area contributed by atoms with E-state index in [2.05, 4.69) is 5.32 Å². The summed E-state index contributed by atoms with van der Waals surface area (Å²) >= 11 is 0. The highest BCUT2D eigenvalue weighted by molar-refractivity contribution is 5.82. The lowest BCUT2D eigenvalue weighted by atomic mass is 9.81. The summed E-state index contributed by atoms with van der Waals surface area (Å²) in [5.41, 5.74) is 6.26. The lowest BCUT2D eigenvalue weighted by Gasteiger charge is -2.31. The molecule has 1 heterocycles. The molecule has 2 atom stereocenters. The number of piperidine rings is 1. The van der Waals surface area contributed by atoms with Crippen molar-refractivity contribution >= 4 is 5.91 Å². The normalized spacial score (nSPS) is 20.3. The number of nitrogens with one attached hydrogen (secondary N) is 1. The lowest BCUT2D eigenvalue weighted by molar-refractivity contribution is -0.123. The molecule has 18 heavy (non-hydrogen) atoms. The van der Waals surface area contributed by atoms with E-state index in [1.165, 1.54) is 0 Å². The molecule has 2 unspecified atom stereocenters. The first-order chi connectivity index (χ1) is 8.70. The first-order valence-corrected chi connectivity index (χ1v) is 6.43. The fourth-order valence-corrected chi connectivity index (χ4v) is 2.65. The van der Waals surface area contributed by atoms with Gasteiger partial charge in [-0.1, -0.05) is 30.3 Å². The summed E-state index contributed by atoms with van der Waals surface area (Å²) in [7, 11) is 0. The van der Waals surface area contributed by atoms with Gasteiger partial charge in [-0.05, 0) is 37.4 Å². The van der Waals surface area contributed by atoms with E-state index in [9.17, 15) is 9.90 Å². The molecule has 0 spiro atoms. The number of hydrogen-bond acceptors (Lipinski definition) is 3. The first kappa shape index (κ1) is 13.1. The zero-order chi connectivity index (χ0) is 13.0. The summed E-state index contributed by atoms with van der Waals surface area (Å²) in [6.45, 7) is 1.78. The van der Waals surface area contributed by atoms with Crippen LogP contribution in [0.15, 0.2) is 30.3 Å². The Kier molecular flexibility index (Phi) is 4.33. The van der Waals surface area contributed by atoms with Gasteiger partial charge in [0.1, 0.15) is 0 Å². The highest BCUT2D eigenvalue weighted by Gasteiger charge is 2.33. The predicted octanol–water partition coefficient (Wildman–Crippen LogP) is 0.616. The quantitative estimate of drug-likeness (QED) is 0.731. The number of primary amides is 1. The number of carbonyl (C=O) groups is 1. The van der Waals surface area contributed by atoms with E-state index in [1.807, 2.05) is 30.3 Å². The second-order valence-corrected chi connectivity index (χ2v) is 4.87. The molecule has 0 radical (unpaired) electrons. The van der Waals surface area contributed by atoms with Gasteiger partial charge >= 0.3 is 0 Å². The molecule has 1 aromatic rings. The average molecular weight is 248 g/mol. The molecule has 1 aliphatic rings. The second kappa shape index (κ2) is 5.98. The Bertz CT molecular complexity index is 388. The number of nitrogens with two attached hydrogens (primary N) is 1. The Balaban J connectivity index is 2.17. The molecule has 0 saturated carbocycles. The zero-order valence-corrected chi connectivity index (χ0v) is 10.4. The molecule has 98 valence electrons. The standard InChI is InChI=1S/C14H20N2O2/c15-14(18)12(10-4-2-1-3-5-10)13(17)11-6-8-16-9-7-11/h1-5,11-13,16-17H,6-9H2,(H2,15,18). The zero-order valence-electron chi connectivity index (χ0n) is 10.4. The van der Waals surface area contributed by atoms with E-state index >= 15 is 0 Å². The molecule has 0 bridgehead atoms. The molecule has 4 N–H and O–H groups in total. The average Bonchev–Trinajstić information content (AvgIpc) is 2.40. The largest absolute Gasteiger partial charge is 0.392 e. The maximum absolute atomic E-state index is 11.6. The third kappa shape index (κ3) is 2.89. The third-order valence-electron chi connectivity index (χ3n) is 3.67. The Morgan fingerprint density at radius 2 is 1.89 bits per heavy atom. The maximum atomic E-state index is 11.6. The van der Waals surface area contributed by atoms with Crippen molar-refractivity contribution in [2.75, 3.05) is 13.1 Å². The summed E-state index contributed by atoms with van der Waals surface area (Å²) < 4.78 is 0. The van der Waals surface area contributed by atoms with E-state index < -0.39 is 17.9 Å². The SMILES string of the molecule is NC(=O)C(c1ccccc1)C(O)C1CCNCC1. The van der Waals surface area contributed by atoms with Crippen molar-refractivity contribution in [3.63, 3.8) is 0 Å². The Labute approximate surface area is 107 Å². The van der Waals surface area contributed by atoms with Crippen molar-refractivity contribution < 1.29 is 9.90 Å². The van der Waals surface area contributed by atoms with Gasteiger partial charge in [-0.3, -0.25) is 4.79 Å². The monoisotopic (exact) mass is 248 g/mol. The van der Waals surface area contributed by atoms with Crippen LogP contribution in [0, 0.1) is 5.92 Å². The van der Waals surface area contributed by atoms with Gasteiger partial charge in [0.2, 0.25) is 5.91 Å².